The maximum atomic E-state index is 12.5. The average Bonchev–Trinajstić information content (AvgIpc) is 3.26. The molecule has 0 spiro atoms. The van der Waals surface area contributed by atoms with Gasteiger partial charge in [-0.1, -0.05) is 6.92 Å². The number of nitrogens with zero attached hydrogens (tertiary/aromatic N) is 4. The van der Waals surface area contributed by atoms with E-state index < -0.39 is 11.4 Å². The molecule has 0 bridgehead atoms. The highest BCUT2D eigenvalue weighted by atomic mass is 32.1. The first kappa shape index (κ1) is 15.8. The Hall–Kier alpha value is -2.74. The van der Waals surface area contributed by atoms with Gasteiger partial charge in [0, 0.05) is 30.9 Å². The summed E-state index contributed by atoms with van der Waals surface area (Å²) in [5.41, 5.74) is -0.377. The molecule has 8 heteroatoms. The number of rotatable bonds is 3. The number of aromatic carboxylic acids is 1. The predicted molar refractivity (Wildman–Crippen MR) is 96.0 cm³/mol. The van der Waals surface area contributed by atoms with Crippen molar-refractivity contribution in [3.8, 4) is 5.13 Å². The summed E-state index contributed by atoms with van der Waals surface area (Å²) in [5.74, 6) is 0.146. The number of fused-ring (bicyclic) bond motifs is 1. The third-order valence-corrected chi connectivity index (χ3v) is 5.21. The van der Waals surface area contributed by atoms with Crippen LogP contribution in [0, 0.1) is 5.92 Å². The summed E-state index contributed by atoms with van der Waals surface area (Å²) < 4.78 is 1.59. The maximum Gasteiger partial charge on any atom is 0.341 e. The van der Waals surface area contributed by atoms with Gasteiger partial charge in [0.05, 0.1) is 5.39 Å². The van der Waals surface area contributed by atoms with Crippen LogP contribution in [-0.4, -0.2) is 38.7 Å². The molecule has 4 rings (SSSR count). The molecule has 0 saturated carbocycles. The summed E-state index contributed by atoms with van der Waals surface area (Å²) in [4.78, 5) is 35.0. The SMILES string of the molecule is C[C@@H]1CCN(c2ccc3c(=O)c(C(=O)O)cn(-c4nccs4)c3n2)C1. The van der Waals surface area contributed by atoms with Gasteiger partial charge in [-0.25, -0.2) is 14.8 Å². The second kappa shape index (κ2) is 5.96. The monoisotopic (exact) mass is 356 g/mol. The van der Waals surface area contributed by atoms with Crippen LogP contribution in [0.1, 0.15) is 23.7 Å². The summed E-state index contributed by atoms with van der Waals surface area (Å²) in [7, 11) is 0. The van der Waals surface area contributed by atoms with Gasteiger partial charge in [0.15, 0.2) is 10.8 Å². The summed E-state index contributed by atoms with van der Waals surface area (Å²) in [6.07, 6.45) is 4.06. The molecule has 1 N–H and O–H groups in total. The Bertz CT molecular complexity index is 1010. The lowest BCUT2D eigenvalue weighted by molar-refractivity contribution is 0.0695. The van der Waals surface area contributed by atoms with Gasteiger partial charge in [0.25, 0.3) is 0 Å². The molecule has 0 amide bonds. The lowest BCUT2D eigenvalue weighted by Gasteiger charge is -2.18. The van der Waals surface area contributed by atoms with Crippen molar-refractivity contribution >= 4 is 34.2 Å². The van der Waals surface area contributed by atoms with Crippen molar-refractivity contribution < 1.29 is 9.90 Å². The zero-order valence-electron chi connectivity index (χ0n) is 13.5. The van der Waals surface area contributed by atoms with E-state index in [2.05, 4.69) is 21.8 Å². The molecule has 25 heavy (non-hydrogen) atoms. The molecule has 3 aromatic rings. The van der Waals surface area contributed by atoms with E-state index in [1.807, 2.05) is 0 Å². The first-order valence-electron chi connectivity index (χ1n) is 7.99. The van der Waals surface area contributed by atoms with Crippen LogP contribution in [-0.2, 0) is 0 Å². The van der Waals surface area contributed by atoms with Crippen molar-refractivity contribution in [3.63, 3.8) is 0 Å². The molecule has 128 valence electrons. The lowest BCUT2D eigenvalue weighted by atomic mass is 10.2. The first-order chi connectivity index (χ1) is 12.0. The van der Waals surface area contributed by atoms with Gasteiger partial charge in [-0.05, 0) is 24.5 Å². The van der Waals surface area contributed by atoms with Crippen molar-refractivity contribution in [2.24, 2.45) is 5.92 Å². The molecule has 1 saturated heterocycles. The van der Waals surface area contributed by atoms with Crippen LogP contribution in [0.25, 0.3) is 16.2 Å². The Labute approximate surface area is 147 Å². The quantitative estimate of drug-likeness (QED) is 0.775. The normalized spacial score (nSPS) is 17.3. The topological polar surface area (TPSA) is 88.3 Å². The van der Waals surface area contributed by atoms with Crippen molar-refractivity contribution in [2.75, 3.05) is 18.0 Å². The minimum atomic E-state index is -1.25. The fraction of sp³-hybridized carbons (Fsp3) is 0.294. The summed E-state index contributed by atoms with van der Waals surface area (Å²) >= 11 is 1.36. The van der Waals surface area contributed by atoms with Crippen molar-refractivity contribution in [1.82, 2.24) is 14.5 Å². The largest absolute Gasteiger partial charge is 0.477 e. The van der Waals surface area contributed by atoms with Crippen LogP contribution in [0.15, 0.2) is 34.7 Å². The van der Waals surface area contributed by atoms with Crippen LogP contribution in [0.3, 0.4) is 0 Å². The molecule has 0 unspecified atom stereocenters. The maximum absolute atomic E-state index is 12.5. The molecule has 1 fully saturated rings. The molecule has 0 aromatic carbocycles. The molecular formula is C17H16N4O3S. The third kappa shape index (κ3) is 2.68. The van der Waals surface area contributed by atoms with Gasteiger partial charge in [-0.3, -0.25) is 9.36 Å². The number of hydrogen-bond acceptors (Lipinski definition) is 6. The standard InChI is InChI=1S/C17H16N4O3S/c1-10-4-6-20(8-10)13-3-2-11-14(22)12(16(23)24)9-21(15(11)19-13)17-18-5-7-25-17/h2-3,5,7,9-10H,4,6,8H2,1H3,(H,23,24)/t10-/m1/s1. The molecule has 0 radical (unpaired) electrons. The highest BCUT2D eigenvalue weighted by Gasteiger charge is 2.22. The number of hydrogen-bond donors (Lipinski definition) is 1. The number of thiazole rings is 1. The minimum absolute atomic E-state index is 0.283. The highest BCUT2D eigenvalue weighted by molar-refractivity contribution is 7.12. The Kier molecular flexibility index (Phi) is 3.76. The smallest absolute Gasteiger partial charge is 0.341 e. The Morgan fingerprint density at radius 2 is 2.24 bits per heavy atom. The number of carbonyl (C=O) groups is 1. The third-order valence-electron chi connectivity index (χ3n) is 4.44. The van der Waals surface area contributed by atoms with Gasteiger partial charge >= 0.3 is 5.97 Å². The van der Waals surface area contributed by atoms with Crippen LogP contribution >= 0.6 is 11.3 Å². The van der Waals surface area contributed by atoms with Crippen LogP contribution in [0.2, 0.25) is 0 Å². The van der Waals surface area contributed by atoms with Crippen LogP contribution < -0.4 is 10.3 Å². The van der Waals surface area contributed by atoms with E-state index in [9.17, 15) is 14.7 Å². The van der Waals surface area contributed by atoms with E-state index in [0.717, 1.165) is 25.3 Å². The fourth-order valence-corrected chi connectivity index (χ4v) is 3.76. The molecule has 1 aliphatic rings. The fourth-order valence-electron chi connectivity index (χ4n) is 3.15. The highest BCUT2D eigenvalue weighted by Crippen LogP contribution is 2.25. The molecule has 0 aliphatic carbocycles. The molecule has 7 nitrogen and oxygen atoms in total. The van der Waals surface area contributed by atoms with E-state index in [-0.39, 0.29) is 10.9 Å². The second-order valence-electron chi connectivity index (χ2n) is 6.24. The van der Waals surface area contributed by atoms with Gasteiger partial charge in [0.2, 0.25) is 5.43 Å². The summed E-state index contributed by atoms with van der Waals surface area (Å²) in [5, 5.41) is 12.0. The molecule has 4 heterocycles. The Balaban J connectivity index is 1.97. The number of pyridine rings is 2. The number of anilines is 1. The van der Waals surface area contributed by atoms with Crippen molar-refractivity contribution in [1.29, 1.82) is 0 Å². The van der Waals surface area contributed by atoms with E-state index in [0.29, 0.717) is 16.7 Å². The molecular weight excluding hydrogens is 340 g/mol. The predicted octanol–water partition coefficient (Wildman–Crippen LogP) is 2.39. The van der Waals surface area contributed by atoms with Gasteiger partial charge < -0.3 is 10.0 Å². The lowest BCUT2D eigenvalue weighted by Crippen LogP contribution is -2.22. The van der Waals surface area contributed by atoms with Crippen LogP contribution in [0.5, 0.6) is 0 Å². The minimum Gasteiger partial charge on any atom is -0.477 e. The number of carboxylic acid groups (broad SMARTS) is 1. The molecule has 3 aromatic heterocycles. The zero-order chi connectivity index (χ0) is 17.6. The van der Waals surface area contributed by atoms with Gasteiger partial charge in [0.1, 0.15) is 11.4 Å². The van der Waals surface area contributed by atoms with E-state index >= 15 is 0 Å². The van der Waals surface area contributed by atoms with Crippen molar-refractivity contribution in [3.05, 3.63) is 45.7 Å². The van der Waals surface area contributed by atoms with Crippen LogP contribution in [0.4, 0.5) is 5.82 Å². The number of aromatic nitrogens is 3. The van der Waals surface area contributed by atoms with Crippen molar-refractivity contribution in [2.45, 2.75) is 13.3 Å². The molecule has 1 atom stereocenters. The summed E-state index contributed by atoms with van der Waals surface area (Å²) in [6.45, 7) is 4.05. The van der Waals surface area contributed by atoms with E-state index in [1.165, 1.54) is 17.5 Å². The Morgan fingerprint density at radius 1 is 1.40 bits per heavy atom. The summed E-state index contributed by atoms with van der Waals surface area (Å²) in [6, 6.07) is 3.46. The Morgan fingerprint density at radius 3 is 2.88 bits per heavy atom. The van der Waals surface area contributed by atoms with Gasteiger partial charge in [-0.15, -0.1) is 11.3 Å². The molecule has 1 aliphatic heterocycles. The zero-order valence-corrected chi connectivity index (χ0v) is 14.4. The average molecular weight is 356 g/mol. The van der Waals surface area contributed by atoms with E-state index in [4.69, 9.17) is 0 Å². The van der Waals surface area contributed by atoms with Gasteiger partial charge in [-0.2, -0.15) is 0 Å². The first-order valence-corrected chi connectivity index (χ1v) is 8.87. The second-order valence-corrected chi connectivity index (χ2v) is 7.12. The van der Waals surface area contributed by atoms with E-state index in [1.54, 1.807) is 28.3 Å². The number of carboxylic acids is 1.